The molecule has 6 heteroatoms. The second-order valence-corrected chi connectivity index (χ2v) is 12.0. The summed E-state index contributed by atoms with van der Waals surface area (Å²) in [7, 11) is 0. The summed E-state index contributed by atoms with van der Waals surface area (Å²) in [5.41, 5.74) is 6.98. The predicted molar refractivity (Wildman–Crippen MR) is 193 cm³/mol. The van der Waals surface area contributed by atoms with Gasteiger partial charge in [-0.15, -0.1) is 0 Å². The summed E-state index contributed by atoms with van der Waals surface area (Å²) < 4.78 is 21.9. The average Bonchev–Trinajstić information content (AvgIpc) is 3.43. The fourth-order valence-corrected chi connectivity index (χ4v) is 7.10. The van der Waals surface area contributed by atoms with Gasteiger partial charge in [0.05, 0.1) is 5.41 Å². The number of hydrogen-bond donors (Lipinski definition) is 0. The third kappa shape index (κ3) is 6.02. The number of rotatable bonds is 12. The molecule has 0 aromatic heterocycles. The van der Waals surface area contributed by atoms with Crippen molar-refractivity contribution < 1.29 is 28.5 Å². The van der Waals surface area contributed by atoms with Crippen molar-refractivity contribution in [2.75, 3.05) is 26.4 Å². The van der Waals surface area contributed by atoms with E-state index in [0.29, 0.717) is 11.5 Å². The zero-order valence-corrected chi connectivity index (χ0v) is 27.2. The summed E-state index contributed by atoms with van der Waals surface area (Å²) in [6.45, 7) is 7.64. The second-order valence-electron chi connectivity index (χ2n) is 12.0. The lowest BCUT2D eigenvalue weighted by Crippen LogP contribution is -2.29. The Hall–Kier alpha value is -5.88. The molecule has 0 spiro atoms. The first kappa shape index (κ1) is 31.7. The SMILES string of the molecule is C=CC(=O)OCCOc1ccc(C2(c3ccc4cc(OCCOC(=O)C=C)ccc4c3)C3=C(CCC=C3)c3cc4ccccc4cc32)cc1. The first-order chi connectivity index (χ1) is 24.0. The molecule has 5 aromatic carbocycles. The molecule has 0 fully saturated rings. The van der Waals surface area contributed by atoms with Crippen LogP contribution >= 0.6 is 0 Å². The van der Waals surface area contributed by atoms with E-state index in [-0.39, 0.29) is 26.4 Å². The summed E-state index contributed by atoms with van der Waals surface area (Å²) >= 11 is 0. The minimum absolute atomic E-state index is 0.143. The Morgan fingerprint density at radius 2 is 1.24 bits per heavy atom. The predicted octanol–water partition coefficient (Wildman–Crippen LogP) is 8.66. The van der Waals surface area contributed by atoms with E-state index in [0.717, 1.165) is 41.3 Å². The molecule has 6 nitrogen and oxygen atoms in total. The van der Waals surface area contributed by atoms with Gasteiger partial charge in [0, 0.05) is 12.2 Å². The van der Waals surface area contributed by atoms with Crippen LogP contribution < -0.4 is 9.47 Å². The third-order valence-electron chi connectivity index (χ3n) is 9.25. The van der Waals surface area contributed by atoms with Gasteiger partial charge >= 0.3 is 11.9 Å². The molecular formula is C43H36O6. The van der Waals surface area contributed by atoms with Crippen LogP contribution in [-0.2, 0) is 24.5 Å². The number of fused-ring (bicyclic) bond motifs is 4. The molecule has 0 radical (unpaired) electrons. The largest absolute Gasteiger partial charge is 0.490 e. The Morgan fingerprint density at radius 3 is 1.96 bits per heavy atom. The van der Waals surface area contributed by atoms with Gasteiger partial charge in [0.2, 0.25) is 0 Å². The molecule has 0 N–H and O–H groups in total. The normalized spacial score (nSPS) is 16.2. The minimum atomic E-state index is -0.567. The molecule has 1 atom stereocenters. The molecule has 2 aliphatic rings. The van der Waals surface area contributed by atoms with Crippen molar-refractivity contribution in [2.24, 2.45) is 0 Å². The van der Waals surface area contributed by atoms with Gasteiger partial charge in [-0.05, 0) is 110 Å². The molecule has 5 aromatic rings. The fourth-order valence-electron chi connectivity index (χ4n) is 7.10. The average molecular weight is 649 g/mol. The van der Waals surface area contributed by atoms with Crippen LogP contribution in [0.3, 0.4) is 0 Å². The van der Waals surface area contributed by atoms with E-state index in [2.05, 4.69) is 98.1 Å². The molecule has 7 rings (SSSR count). The summed E-state index contributed by atoms with van der Waals surface area (Å²) in [4.78, 5) is 22.8. The number of esters is 2. The van der Waals surface area contributed by atoms with Gasteiger partial charge in [-0.1, -0.05) is 79.9 Å². The molecule has 0 bridgehead atoms. The van der Waals surface area contributed by atoms with Gasteiger partial charge < -0.3 is 18.9 Å². The standard InChI is InChI=1S/C43H36O6/c1-3-41(44)48-23-21-46-35-19-16-33(17-20-35)43(34-15-13-32-26-36(18-14-31(32)25-34)47-22-24-49-42(45)4-2)39-12-8-7-11-37(39)38-27-29-9-5-6-10-30(29)28-40(38)43/h3-6,8-10,12-20,25-28H,1-2,7,11,21-24H2. The van der Waals surface area contributed by atoms with Crippen LogP contribution in [0.2, 0.25) is 0 Å². The van der Waals surface area contributed by atoms with Crippen LogP contribution in [-0.4, -0.2) is 38.4 Å². The molecular weight excluding hydrogens is 612 g/mol. The Morgan fingerprint density at radius 1 is 0.653 bits per heavy atom. The Kier molecular flexibility index (Phi) is 8.86. The summed E-state index contributed by atoms with van der Waals surface area (Å²) in [5, 5.41) is 4.56. The Bertz CT molecular complexity index is 2160. The second kappa shape index (κ2) is 13.7. The zero-order chi connectivity index (χ0) is 33.8. The topological polar surface area (TPSA) is 71.1 Å². The van der Waals surface area contributed by atoms with Crippen molar-refractivity contribution in [2.45, 2.75) is 18.3 Å². The lowest BCUT2D eigenvalue weighted by molar-refractivity contribution is -0.139. The van der Waals surface area contributed by atoms with Crippen molar-refractivity contribution in [3.63, 3.8) is 0 Å². The lowest BCUT2D eigenvalue weighted by atomic mass is 9.66. The highest BCUT2D eigenvalue weighted by molar-refractivity contribution is 5.96. The fraction of sp³-hybridized carbons (Fsp3) is 0.163. The van der Waals surface area contributed by atoms with Crippen molar-refractivity contribution in [1.29, 1.82) is 0 Å². The van der Waals surface area contributed by atoms with Crippen LogP contribution in [0.4, 0.5) is 0 Å². The molecule has 0 saturated carbocycles. The van der Waals surface area contributed by atoms with Crippen LogP contribution in [0.5, 0.6) is 11.5 Å². The van der Waals surface area contributed by atoms with E-state index in [1.54, 1.807) is 0 Å². The Balaban J connectivity index is 1.31. The summed E-state index contributed by atoms with van der Waals surface area (Å²) in [6, 6.07) is 34.3. The summed E-state index contributed by atoms with van der Waals surface area (Å²) in [5.74, 6) is 0.467. The van der Waals surface area contributed by atoms with Gasteiger partial charge in [-0.25, -0.2) is 9.59 Å². The molecule has 0 aliphatic heterocycles. The number of ether oxygens (including phenoxy) is 4. The highest BCUT2D eigenvalue weighted by atomic mass is 16.6. The van der Waals surface area contributed by atoms with E-state index in [1.807, 2.05) is 24.3 Å². The van der Waals surface area contributed by atoms with Crippen LogP contribution in [0, 0.1) is 0 Å². The molecule has 1 unspecified atom stereocenters. The van der Waals surface area contributed by atoms with Gasteiger partial charge in [0.15, 0.2) is 0 Å². The Labute approximate surface area is 285 Å². The first-order valence-electron chi connectivity index (χ1n) is 16.4. The smallest absolute Gasteiger partial charge is 0.330 e. The molecule has 0 heterocycles. The van der Waals surface area contributed by atoms with Crippen molar-refractivity contribution in [1.82, 2.24) is 0 Å². The molecule has 244 valence electrons. The van der Waals surface area contributed by atoms with Crippen LogP contribution in [0.15, 0.2) is 140 Å². The van der Waals surface area contributed by atoms with Crippen molar-refractivity contribution in [3.05, 3.63) is 162 Å². The molecule has 49 heavy (non-hydrogen) atoms. The third-order valence-corrected chi connectivity index (χ3v) is 9.25. The van der Waals surface area contributed by atoms with E-state index in [9.17, 15) is 9.59 Å². The van der Waals surface area contributed by atoms with Crippen LogP contribution in [0.1, 0.15) is 35.1 Å². The number of benzene rings is 5. The zero-order valence-electron chi connectivity index (χ0n) is 27.2. The van der Waals surface area contributed by atoms with Gasteiger partial charge in [-0.3, -0.25) is 0 Å². The molecule has 0 amide bonds. The number of allylic oxidation sites excluding steroid dienone is 4. The summed E-state index contributed by atoms with van der Waals surface area (Å²) in [6.07, 6.45) is 8.87. The van der Waals surface area contributed by atoms with E-state index in [1.165, 1.54) is 38.6 Å². The molecule has 0 saturated heterocycles. The number of hydrogen-bond acceptors (Lipinski definition) is 6. The number of carbonyl (C=O) groups excluding carboxylic acids is 2. The monoisotopic (exact) mass is 648 g/mol. The maximum atomic E-state index is 11.4. The maximum absolute atomic E-state index is 11.4. The maximum Gasteiger partial charge on any atom is 0.330 e. The van der Waals surface area contributed by atoms with Gasteiger partial charge in [0.25, 0.3) is 0 Å². The van der Waals surface area contributed by atoms with Crippen molar-refractivity contribution >= 4 is 39.1 Å². The van der Waals surface area contributed by atoms with Crippen LogP contribution in [0.25, 0.3) is 27.1 Å². The molecule has 2 aliphatic carbocycles. The van der Waals surface area contributed by atoms with E-state index >= 15 is 0 Å². The highest BCUT2D eigenvalue weighted by Crippen LogP contribution is 2.58. The first-order valence-corrected chi connectivity index (χ1v) is 16.4. The quantitative estimate of drug-likeness (QED) is 0.0766. The minimum Gasteiger partial charge on any atom is -0.490 e. The van der Waals surface area contributed by atoms with Gasteiger partial charge in [-0.2, -0.15) is 0 Å². The highest BCUT2D eigenvalue weighted by Gasteiger charge is 2.47. The lowest BCUT2D eigenvalue weighted by Gasteiger charge is -2.36. The van der Waals surface area contributed by atoms with E-state index in [4.69, 9.17) is 18.9 Å². The van der Waals surface area contributed by atoms with Crippen molar-refractivity contribution in [3.8, 4) is 11.5 Å². The van der Waals surface area contributed by atoms with E-state index < -0.39 is 17.4 Å². The number of carbonyl (C=O) groups is 2. The van der Waals surface area contributed by atoms with Gasteiger partial charge in [0.1, 0.15) is 37.9 Å².